The molecule has 0 atom stereocenters. The fourth-order valence-electron chi connectivity index (χ4n) is 1.33. The molecule has 0 saturated heterocycles. The van der Waals surface area contributed by atoms with Crippen LogP contribution < -0.4 is 15.2 Å². The second-order valence-corrected chi connectivity index (χ2v) is 3.77. The summed E-state index contributed by atoms with van der Waals surface area (Å²) >= 11 is 0. The van der Waals surface area contributed by atoms with Gasteiger partial charge in [0.2, 0.25) is 5.95 Å². The van der Waals surface area contributed by atoms with Gasteiger partial charge in [0.1, 0.15) is 0 Å². The Hall–Kier alpha value is -1.59. The number of aromatic nitrogens is 3. The Bertz CT molecular complexity index is 355. The highest BCUT2D eigenvalue weighted by Gasteiger charge is 2.21. The van der Waals surface area contributed by atoms with Gasteiger partial charge in [0, 0.05) is 0 Å². The molecule has 0 bridgehead atoms. The maximum atomic E-state index is 5.51. The first-order valence-electron chi connectivity index (χ1n) is 5.55. The SMILES string of the molecule is CCOc1nc(N)nc(OCCC2CC2)n1. The minimum Gasteiger partial charge on any atom is -0.464 e. The second-order valence-electron chi connectivity index (χ2n) is 3.77. The maximum Gasteiger partial charge on any atom is 0.324 e. The zero-order valence-corrected chi connectivity index (χ0v) is 9.35. The van der Waals surface area contributed by atoms with E-state index in [9.17, 15) is 0 Å². The summed E-state index contributed by atoms with van der Waals surface area (Å²) in [7, 11) is 0. The van der Waals surface area contributed by atoms with E-state index in [0.29, 0.717) is 13.2 Å². The quantitative estimate of drug-likeness (QED) is 0.777. The first kappa shape index (κ1) is 10.9. The molecule has 1 aliphatic carbocycles. The average Bonchev–Trinajstić information content (AvgIpc) is 3.01. The zero-order valence-electron chi connectivity index (χ0n) is 9.35. The van der Waals surface area contributed by atoms with Crippen LogP contribution in [-0.2, 0) is 0 Å². The summed E-state index contributed by atoms with van der Waals surface area (Å²) in [4.78, 5) is 11.7. The van der Waals surface area contributed by atoms with Crippen molar-refractivity contribution in [3.05, 3.63) is 0 Å². The van der Waals surface area contributed by atoms with Crippen molar-refractivity contribution in [2.75, 3.05) is 18.9 Å². The summed E-state index contributed by atoms with van der Waals surface area (Å²) in [6.07, 6.45) is 3.68. The normalized spacial score (nSPS) is 14.8. The largest absolute Gasteiger partial charge is 0.464 e. The Morgan fingerprint density at radius 3 is 2.50 bits per heavy atom. The van der Waals surface area contributed by atoms with Crippen molar-refractivity contribution >= 4 is 5.95 Å². The number of nitrogen functional groups attached to an aromatic ring is 1. The molecule has 0 aliphatic heterocycles. The van der Waals surface area contributed by atoms with Crippen molar-refractivity contribution in [3.8, 4) is 12.0 Å². The van der Waals surface area contributed by atoms with Gasteiger partial charge in [-0.3, -0.25) is 0 Å². The van der Waals surface area contributed by atoms with Gasteiger partial charge in [0.15, 0.2) is 0 Å². The topological polar surface area (TPSA) is 83.2 Å². The van der Waals surface area contributed by atoms with Crippen molar-refractivity contribution in [3.63, 3.8) is 0 Å². The van der Waals surface area contributed by atoms with Crippen LogP contribution in [0.2, 0.25) is 0 Å². The van der Waals surface area contributed by atoms with Crippen LogP contribution in [0.1, 0.15) is 26.2 Å². The first-order valence-corrected chi connectivity index (χ1v) is 5.55. The lowest BCUT2D eigenvalue weighted by molar-refractivity contribution is 0.262. The summed E-state index contributed by atoms with van der Waals surface area (Å²) in [5, 5.41) is 0. The van der Waals surface area contributed by atoms with Crippen molar-refractivity contribution in [1.29, 1.82) is 0 Å². The number of anilines is 1. The summed E-state index contributed by atoms with van der Waals surface area (Å²) in [6.45, 7) is 2.97. The van der Waals surface area contributed by atoms with Gasteiger partial charge in [-0.1, -0.05) is 12.8 Å². The predicted octanol–water partition coefficient (Wildman–Crippen LogP) is 1.03. The lowest BCUT2D eigenvalue weighted by Gasteiger charge is -2.06. The average molecular weight is 224 g/mol. The Labute approximate surface area is 94.2 Å². The van der Waals surface area contributed by atoms with Crippen LogP contribution in [-0.4, -0.2) is 28.2 Å². The number of rotatable bonds is 6. The van der Waals surface area contributed by atoms with E-state index in [0.717, 1.165) is 12.3 Å². The summed E-state index contributed by atoms with van der Waals surface area (Å²) in [5.41, 5.74) is 5.51. The molecule has 6 heteroatoms. The molecule has 6 nitrogen and oxygen atoms in total. The third-order valence-corrected chi connectivity index (χ3v) is 2.34. The van der Waals surface area contributed by atoms with Gasteiger partial charge in [-0.25, -0.2) is 0 Å². The second kappa shape index (κ2) is 4.96. The molecule has 1 aromatic heterocycles. The summed E-state index contributed by atoms with van der Waals surface area (Å²) in [5.74, 6) is 0.949. The molecule has 1 fully saturated rings. The van der Waals surface area contributed by atoms with Crippen molar-refractivity contribution in [2.24, 2.45) is 5.92 Å². The molecule has 0 radical (unpaired) electrons. The first-order chi connectivity index (χ1) is 7.78. The van der Waals surface area contributed by atoms with Gasteiger partial charge < -0.3 is 15.2 Å². The number of nitrogens with two attached hydrogens (primary N) is 1. The van der Waals surface area contributed by atoms with E-state index in [1.165, 1.54) is 12.8 Å². The third kappa shape index (κ3) is 3.22. The highest BCUT2D eigenvalue weighted by atomic mass is 16.5. The minimum atomic E-state index is 0.125. The molecular weight excluding hydrogens is 208 g/mol. The molecule has 0 unspecified atom stereocenters. The molecule has 0 aromatic carbocycles. The standard InChI is InChI=1S/C10H16N4O2/c1-2-15-9-12-8(11)13-10(14-9)16-6-5-7-3-4-7/h7H,2-6H2,1H3,(H2,11,12,13,14). The van der Waals surface area contributed by atoms with Gasteiger partial charge in [-0.15, -0.1) is 4.98 Å². The van der Waals surface area contributed by atoms with Crippen molar-refractivity contribution < 1.29 is 9.47 Å². The molecule has 1 aromatic rings. The van der Waals surface area contributed by atoms with Crippen LogP contribution >= 0.6 is 0 Å². The molecule has 2 rings (SSSR count). The van der Waals surface area contributed by atoms with Gasteiger partial charge in [-0.05, 0) is 19.3 Å². The van der Waals surface area contributed by atoms with Gasteiger partial charge >= 0.3 is 12.0 Å². The smallest absolute Gasteiger partial charge is 0.324 e. The van der Waals surface area contributed by atoms with E-state index in [4.69, 9.17) is 15.2 Å². The molecule has 0 spiro atoms. The Morgan fingerprint density at radius 1 is 1.19 bits per heavy atom. The monoisotopic (exact) mass is 224 g/mol. The molecule has 2 N–H and O–H groups in total. The lowest BCUT2D eigenvalue weighted by Crippen LogP contribution is -2.07. The molecule has 1 aliphatic rings. The molecule has 0 amide bonds. The van der Waals surface area contributed by atoms with Crippen LogP contribution in [0, 0.1) is 5.92 Å². The number of ether oxygens (including phenoxy) is 2. The Kier molecular flexibility index (Phi) is 3.38. The third-order valence-electron chi connectivity index (χ3n) is 2.34. The highest BCUT2D eigenvalue weighted by molar-refractivity contribution is 5.20. The fraction of sp³-hybridized carbons (Fsp3) is 0.700. The van der Waals surface area contributed by atoms with Crippen LogP contribution in [0.15, 0.2) is 0 Å². The van der Waals surface area contributed by atoms with E-state index in [1.807, 2.05) is 6.92 Å². The molecule has 1 saturated carbocycles. The van der Waals surface area contributed by atoms with E-state index in [-0.39, 0.29) is 18.0 Å². The van der Waals surface area contributed by atoms with Crippen molar-refractivity contribution in [1.82, 2.24) is 15.0 Å². The Balaban J connectivity index is 1.90. The number of hydrogen-bond donors (Lipinski definition) is 1. The lowest BCUT2D eigenvalue weighted by atomic mass is 10.3. The predicted molar refractivity (Wildman–Crippen MR) is 58.2 cm³/mol. The van der Waals surface area contributed by atoms with Crippen molar-refractivity contribution in [2.45, 2.75) is 26.2 Å². The number of hydrogen-bond acceptors (Lipinski definition) is 6. The van der Waals surface area contributed by atoms with E-state index < -0.39 is 0 Å². The van der Waals surface area contributed by atoms with E-state index in [2.05, 4.69) is 15.0 Å². The van der Waals surface area contributed by atoms with E-state index >= 15 is 0 Å². The minimum absolute atomic E-state index is 0.125. The summed E-state index contributed by atoms with van der Waals surface area (Å²) in [6, 6.07) is 0.466. The number of nitrogens with zero attached hydrogens (tertiary/aromatic N) is 3. The van der Waals surface area contributed by atoms with Crippen LogP contribution in [0.4, 0.5) is 5.95 Å². The Morgan fingerprint density at radius 2 is 1.88 bits per heavy atom. The van der Waals surface area contributed by atoms with Gasteiger partial charge in [-0.2, -0.15) is 9.97 Å². The highest BCUT2D eigenvalue weighted by Crippen LogP contribution is 2.32. The molecule has 88 valence electrons. The molecule has 16 heavy (non-hydrogen) atoms. The fourth-order valence-corrected chi connectivity index (χ4v) is 1.33. The molecule has 1 heterocycles. The van der Waals surface area contributed by atoms with Crippen LogP contribution in [0.25, 0.3) is 0 Å². The summed E-state index contributed by atoms with van der Waals surface area (Å²) < 4.78 is 10.5. The molecular formula is C10H16N4O2. The van der Waals surface area contributed by atoms with E-state index in [1.54, 1.807) is 0 Å². The van der Waals surface area contributed by atoms with Gasteiger partial charge in [0.05, 0.1) is 13.2 Å². The maximum absolute atomic E-state index is 5.51. The zero-order chi connectivity index (χ0) is 11.4. The van der Waals surface area contributed by atoms with Crippen LogP contribution in [0.5, 0.6) is 12.0 Å². The van der Waals surface area contributed by atoms with Gasteiger partial charge in [0.25, 0.3) is 0 Å². The van der Waals surface area contributed by atoms with Crippen LogP contribution in [0.3, 0.4) is 0 Å².